The number of β-amino-alcohol motifs (C(OH)–C–C–N with tert-alkyl or cyclic N) is 1. The number of hydrogen-bond acceptors (Lipinski definition) is 4. The number of carboxylic acids is 1. The minimum Gasteiger partial charge on any atom is -0.479 e. The molecule has 0 bridgehead atoms. The number of carboxylic acid groups (broad SMARTS) is 1. The molecule has 13 heavy (non-hydrogen) atoms. The highest BCUT2D eigenvalue weighted by atomic mass is 16.4. The maximum atomic E-state index is 10.9. The summed E-state index contributed by atoms with van der Waals surface area (Å²) in [5.74, 6) is -2.00. The van der Waals surface area contributed by atoms with Crippen molar-refractivity contribution in [1.82, 2.24) is 10.2 Å². The first-order valence-corrected chi connectivity index (χ1v) is 3.51. The molecule has 1 aliphatic rings. The van der Waals surface area contributed by atoms with Crippen molar-refractivity contribution in [1.29, 1.82) is 0 Å². The van der Waals surface area contributed by atoms with E-state index in [1.165, 1.54) is 0 Å². The van der Waals surface area contributed by atoms with Crippen molar-refractivity contribution in [3.05, 3.63) is 0 Å². The Morgan fingerprint density at radius 2 is 2.23 bits per heavy atom. The van der Waals surface area contributed by atoms with Gasteiger partial charge in [-0.2, -0.15) is 0 Å². The topological polar surface area (TPSA) is 107 Å². The minimum absolute atomic E-state index is 0.148. The molecule has 72 valence electrons. The van der Waals surface area contributed by atoms with Crippen LogP contribution in [0.15, 0.2) is 0 Å². The largest absolute Gasteiger partial charge is 0.479 e. The lowest BCUT2D eigenvalue weighted by Gasteiger charge is -2.13. The summed E-state index contributed by atoms with van der Waals surface area (Å²) < 4.78 is 0. The van der Waals surface area contributed by atoms with E-state index in [-0.39, 0.29) is 6.54 Å². The van der Waals surface area contributed by atoms with E-state index in [4.69, 9.17) is 10.2 Å². The first kappa shape index (κ1) is 9.46. The van der Waals surface area contributed by atoms with Crippen molar-refractivity contribution in [3.8, 4) is 0 Å². The molecular weight excluding hydrogens is 180 g/mol. The van der Waals surface area contributed by atoms with Gasteiger partial charge in [-0.15, -0.1) is 0 Å². The molecule has 1 saturated heterocycles. The lowest BCUT2D eigenvalue weighted by molar-refractivity contribution is -0.147. The van der Waals surface area contributed by atoms with Gasteiger partial charge in [0.1, 0.15) is 0 Å². The van der Waals surface area contributed by atoms with Crippen LogP contribution in [0.1, 0.15) is 0 Å². The molecular formula is C6H8N2O5. The predicted molar refractivity (Wildman–Crippen MR) is 38.8 cm³/mol. The number of carbonyl (C=O) groups excluding carboxylic acids is 2. The van der Waals surface area contributed by atoms with Gasteiger partial charge < -0.3 is 15.5 Å². The van der Waals surface area contributed by atoms with Crippen LogP contribution in [0.3, 0.4) is 0 Å². The third kappa shape index (κ3) is 1.94. The number of aliphatic hydroxyl groups excluding tert-OH is 1. The van der Waals surface area contributed by atoms with E-state index in [9.17, 15) is 14.4 Å². The van der Waals surface area contributed by atoms with Gasteiger partial charge in [-0.3, -0.25) is 9.69 Å². The summed E-state index contributed by atoms with van der Waals surface area (Å²) >= 11 is 0. The maximum Gasteiger partial charge on any atom is 0.334 e. The normalized spacial score (nSPS) is 18.7. The van der Waals surface area contributed by atoms with Crippen LogP contribution in [0.25, 0.3) is 0 Å². The Labute approximate surface area is 72.9 Å². The van der Waals surface area contributed by atoms with Crippen LogP contribution in [0.2, 0.25) is 0 Å². The van der Waals surface area contributed by atoms with Crippen LogP contribution in [-0.4, -0.2) is 52.2 Å². The number of nitrogens with one attached hydrogen (secondary N) is 1. The molecule has 1 rings (SSSR count). The molecule has 1 unspecified atom stereocenters. The van der Waals surface area contributed by atoms with Crippen LogP contribution >= 0.6 is 0 Å². The van der Waals surface area contributed by atoms with Gasteiger partial charge in [-0.1, -0.05) is 0 Å². The number of rotatable bonds is 3. The molecule has 1 aliphatic heterocycles. The van der Waals surface area contributed by atoms with Gasteiger partial charge in [0.25, 0.3) is 0 Å². The van der Waals surface area contributed by atoms with Gasteiger partial charge in [0.2, 0.25) is 5.91 Å². The van der Waals surface area contributed by atoms with Gasteiger partial charge >= 0.3 is 12.0 Å². The number of aliphatic carboxylic acids is 1. The smallest absolute Gasteiger partial charge is 0.334 e. The zero-order valence-corrected chi connectivity index (χ0v) is 6.56. The van der Waals surface area contributed by atoms with E-state index in [0.29, 0.717) is 4.90 Å². The Bertz CT molecular complexity index is 248. The lowest BCUT2D eigenvalue weighted by Crippen LogP contribution is -2.40. The predicted octanol–water partition coefficient (Wildman–Crippen LogP) is -2.02. The highest BCUT2D eigenvalue weighted by Gasteiger charge is 2.31. The van der Waals surface area contributed by atoms with Crippen molar-refractivity contribution in [2.45, 2.75) is 6.10 Å². The average molecular weight is 188 g/mol. The van der Waals surface area contributed by atoms with Crippen molar-refractivity contribution < 1.29 is 24.6 Å². The van der Waals surface area contributed by atoms with Crippen LogP contribution in [-0.2, 0) is 9.59 Å². The Morgan fingerprint density at radius 3 is 2.62 bits per heavy atom. The number of carbonyl (C=O) groups is 3. The molecule has 7 heteroatoms. The fourth-order valence-electron chi connectivity index (χ4n) is 0.891. The molecule has 0 aromatic heterocycles. The van der Waals surface area contributed by atoms with Crippen molar-refractivity contribution in [2.75, 3.05) is 13.1 Å². The number of hydrogen-bond donors (Lipinski definition) is 3. The van der Waals surface area contributed by atoms with E-state index in [2.05, 4.69) is 5.32 Å². The second-order valence-corrected chi connectivity index (χ2v) is 2.52. The second kappa shape index (κ2) is 3.40. The second-order valence-electron chi connectivity index (χ2n) is 2.52. The number of aliphatic hydroxyl groups is 1. The molecule has 0 aromatic rings. The third-order valence-electron chi connectivity index (χ3n) is 1.58. The molecule has 0 saturated carbocycles. The van der Waals surface area contributed by atoms with Crippen LogP contribution in [0.5, 0.6) is 0 Å². The summed E-state index contributed by atoms with van der Waals surface area (Å²) in [5, 5.41) is 19.3. The molecule has 0 radical (unpaired) electrons. The molecule has 1 heterocycles. The van der Waals surface area contributed by atoms with Gasteiger partial charge in [0.15, 0.2) is 6.10 Å². The maximum absolute atomic E-state index is 10.9. The Morgan fingerprint density at radius 1 is 1.62 bits per heavy atom. The average Bonchev–Trinajstić information content (AvgIpc) is 2.35. The molecule has 3 N–H and O–H groups in total. The van der Waals surface area contributed by atoms with E-state index in [0.717, 1.165) is 0 Å². The van der Waals surface area contributed by atoms with E-state index < -0.39 is 30.6 Å². The molecule has 7 nitrogen and oxygen atoms in total. The lowest BCUT2D eigenvalue weighted by atomic mass is 10.3. The van der Waals surface area contributed by atoms with Crippen LogP contribution in [0, 0.1) is 0 Å². The monoisotopic (exact) mass is 188 g/mol. The molecule has 0 spiro atoms. The zero-order chi connectivity index (χ0) is 10.0. The summed E-state index contributed by atoms with van der Waals surface area (Å²) in [6, 6.07) is -0.676. The summed E-state index contributed by atoms with van der Waals surface area (Å²) in [6.45, 7) is -0.662. The van der Waals surface area contributed by atoms with Gasteiger partial charge in [0, 0.05) is 0 Å². The molecule has 3 amide bonds. The summed E-state index contributed by atoms with van der Waals surface area (Å²) in [5.41, 5.74) is 0. The molecule has 0 aromatic carbocycles. The zero-order valence-electron chi connectivity index (χ0n) is 6.56. The first-order chi connectivity index (χ1) is 6.02. The number of nitrogens with zero attached hydrogens (tertiary/aromatic N) is 1. The minimum atomic E-state index is -1.73. The summed E-state index contributed by atoms with van der Waals surface area (Å²) in [6.07, 6.45) is -1.73. The Kier molecular flexibility index (Phi) is 2.47. The highest BCUT2D eigenvalue weighted by molar-refractivity contribution is 6.02. The van der Waals surface area contributed by atoms with Gasteiger partial charge in [-0.05, 0) is 0 Å². The fourth-order valence-corrected chi connectivity index (χ4v) is 0.891. The molecule has 0 aliphatic carbocycles. The Balaban J connectivity index is 2.57. The fraction of sp³-hybridized carbons (Fsp3) is 0.500. The summed E-state index contributed by atoms with van der Waals surface area (Å²) in [4.78, 5) is 32.6. The number of amides is 3. The van der Waals surface area contributed by atoms with Crippen molar-refractivity contribution in [3.63, 3.8) is 0 Å². The van der Waals surface area contributed by atoms with E-state index >= 15 is 0 Å². The van der Waals surface area contributed by atoms with E-state index in [1.54, 1.807) is 0 Å². The highest BCUT2D eigenvalue weighted by Crippen LogP contribution is 2.00. The summed E-state index contributed by atoms with van der Waals surface area (Å²) in [7, 11) is 0. The van der Waals surface area contributed by atoms with E-state index in [1.807, 2.05) is 0 Å². The van der Waals surface area contributed by atoms with Gasteiger partial charge in [-0.25, -0.2) is 9.59 Å². The number of imide groups is 1. The van der Waals surface area contributed by atoms with Crippen molar-refractivity contribution in [2.24, 2.45) is 0 Å². The van der Waals surface area contributed by atoms with Crippen LogP contribution in [0.4, 0.5) is 4.79 Å². The quantitative estimate of drug-likeness (QED) is 0.443. The standard InChI is InChI=1S/C6H8N2O5/c9-3(5(11)12)2-8-4(10)1-7-6(8)13/h3,9H,1-2H2,(H,7,13)(H,11,12). The third-order valence-corrected chi connectivity index (χ3v) is 1.58. The van der Waals surface area contributed by atoms with Crippen molar-refractivity contribution >= 4 is 17.9 Å². The van der Waals surface area contributed by atoms with Crippen LogP contribution < -0.4 is 5.32 Å². The SMILES string of the molecule is O=C(O)C(O)CN1C(=O)CNC1=O. The first-order valence-electron chi connectivity index (χ1n) is 3.51. The Hall–Kier alpha value is -1.63. The molecule has 1 atom stereocenters. The number of urea groups is 1. The van der Waals surface area contributed by atoms with Gasteiger partial charge in [0.05, 0.1) is 13.1 Å². The molecule has 1 fully saturated rings.